The number of hydrogen-bond donors (Lipinski definition) is 1. The Balaban J connectivity index is 0.000000145. The van der Waals surface area contributed by atoms with Gasteiger partial charge in [-0.05, 0) is 25.9 Å². The van der Waals surface area contributed by atoms with Gasteiger partial charge in [0.1, 0.15) is 0 Å². The maximum absolute atomic E-state index is 4.95. The summed E-state index contributed by atoms with van der Waals surface area (Å²) in [7, 11) is 9.90. The van der Waals surface area contributed by atoms with E-state index in [0.29, 0.717) is 0 Å². The summed E-state index contributed by atoms with van der Waals surface area (Å²) >= 11 is -0.931. The van der Waals surface area contributed by atoms with E-state index in [1.54, 1.807) is 0 Å². The van der Waals surface area contributed by atoms with Crippen LogP contribution in [-0.4, -0.2) is 13.1 Å². The minimum absolute atomic E-state index is 0.931. The van der Waals surface area contributed by atoms with E-state index in [1.807, 2.05) is 0 Å². The molecule has 0 aromatic carbocycles. The second-order valence-corrected chi connectivity index (χ2v) is 6.18. The van der Waals surface area contributed by atoms with E-state index in [0.717, 1.165) is 0 Å². The summed E-state index contributed by atoms with van der Waals surface area (Å²) in [4.78, 5) is 0. The fraction of sp³-hybridized carbons (Fsp3) is 1.00. The Kier molecular flexibility index (Phi) is 9.35. The van der Waals surface area contributed by atoms with E-state index in [2.05, 4.69) is 5.32 Å². The molecular weight excluding hydrogens is 198 g/mol. The number of rotatable bonds is 0. The van der Waals surface area contributed by atoms with Gasteiger partial charge in [0.25, 0.3) is 0 Å². The molecule has 0 aliphatic carbocycles. The van der Waals surface area contributed by atoms with Crippen molar-refractivity contribution >= 4 is 19.4 Å². The molecule has 46 valence electrons. The van der Waals surface area contributed by atoms with Crippen molar-refractivity contribution in [3.63, 3.8) is 0 Å². The number of nitrogens with one attached hydrogen (secondary N) is 1. The quantitative estimate of drug-likeness (QED) is 0.597. The first-order valence-electron chi connectivity index (χ1n) is 2.74. The fourth-order valence-corrected chi connectivity index (χ4v) is 0.625. The Bertz CT molecular complexity index is 33.4. The normalized spacial score (nSPS) is 16.2. The van der Waals surface area contributed by atoms with Gasteiger partial charge in [0.15, 0.2) is 0 Å². The van der Waals surface area contributed by atoms with Crippen molar-refractivity contribution in [2.75, 3.05) is 13.1 Å². The van der Waals surface area contributed by atoms with Crippen molar-refractivity contribution < 1.29 is 15.1 Å². The molecule has 0 atom stereocenters. The van der Waals surface area contributed by atoms with Crippen LogP contribution in [0.15, 0.2) is 0 Å². The summed E-state index contributed by atoms with van der Waals surface area (Å²) in [6.07, 6.45) is 2.78. The third-order valence-electron chi connectivity index (χ3n) is 0.957. The van der Waals surface area contributed by atoms with E-state index in [1.165, 1.54) is 25.9 Å². The summed E-state index contributed by atoms with van der Waals surface area (Å²) in [5, 5.41) is 3.22. The van der Waals surface area contributed by atoms with Gasteiger partial charge in [-0.15, -0.1) is 0 Å². The standard InChI is InChI=1S/C4H9N.2ClH.Zn/c1-2-4-5-3-1;;;/h5H,1-4H2;2*1H;/q;;;+2/p-2. The Morgan fingerprint density at radius 3 is 1.62 bits per heavy atom. The van der Waals surface area contributed by atoms with Crippen molar-refractivity contribution in [2.24, 2.45) is 0 Å². The van der Waals surface area contributed by atoms with Gasteiger partial charge in [0.05, 0.1) is 0 Å². The Morgan fingerprint density at radius 2 is 1.50 bits per heavy atom. The van der Waals surface area contributed by atoms with Crippen LogP contribution in [0.25, 0.3) is 0 Å². The molecule has 8 heavy (non-hydrogen) atoms. The molecule has 1 saturated heterocycles. The van der Waals surface area contributed by atoms with Crippen molar-refractivity contribution in [3.8, 4) is 0 Å². The van der Waals surface area contributed by atoms with Gasteiger partial charge in [0.2, 0.25) is 0 Å². The molecule has 0 amide bonds. The molecule has 0 spiro atoms. The second-order valence-electron chi connectivity index (χ2n) is 1.56. The SMILES string of the molecule is C1CCNC1.[Cl][Zn][Cl]. The molecule has 0 bridgehead atoms. The van der Waals surface area contributed by atoms with Crippen molar-refractivity contribution in [3.05, 3.63) is 0 Å². The Hall–Kier alpha value is 1.16. The first-order valence-corrected chi connectivity index (χ1v) is 10.5. The van der Waals surface area contributed by atoms with Crippen LogP contribution in [0.4, 0.5) is 0 Å². The van der Waals surface area contributed by atoms with Crippen LogP contribution in [0.5, 0.6) is 0 Å². The number of halogens is 2. The molecule has 1 aliphatic rings. The van der Waals surface area contributed by atoms with E-state index < -0.39 is 15.1 Å². The molecule has 4 heteroatoms. The molecule has 0 unspecified atom stereocenters. The molecule has 1 N–H and O–H groups in total. The van der Waals surface area contributed by atoms with Gasteiger partial charge >= 0.3 is 34.5 Å². The summed E-state index contributed by atoms with van der Waals surface area (Å²) < 4.78 is 0. The topological polar surface area (TPSA) is 12.0 Å². The predicted octanol–water partition coefficient (Wildman–Crippen LogP) is 1.75. The number of hydrogen-bond acceptors (Lipinski definition) is 1. The second kappa shape index (κ2) is 8.16. The molecule has 1 fully saturated rings. The molecule has 0 radical (unpaired) electrons. The molecule has 1 aliphatic heterocycles. The Labute approximate surface area is 65.8 Å². The van der Waals surface area contributed by atoms with E-state index in [4.69, 9.17) is 19.4 Å². The van der Waals surface area contributed by atoms with Gasteiger partial charge in [-0.3, -0.25) is 0 Å². The molecular formula is C4H9Cl2NZn. The van der Waals surface area contributed by atoms with Crippen molar-refractivity contribution in [1.29, 1.82) is 0 Å². The monoisotopic (exact) mass is 205 g/mol. The summed E-state index contributed by atoms with van der Waals surface area (Å²) in [6.45, 7) is 2.50. The first-order chi connectivity index (χ1) is 3.91. The third kappa shape index (κ3) is 7.16. The molecule has 1 rings (SSSR count). The van der Waals surface area contributed by atoms with Crippen LogP contribution in [0.3, 0.4) is 0 Å². The van der Waals surface area contributed by atoms with Gasteiger partial charge in [-0.2, -0.15) is 0 Å². The van der Waals surface area contributed by atoms with Gasteiger partial charge < -0.3 is 5.32 Å². The molecule has 1 heterocycles. The average molecular weight is 207 g/mol. The predicted molar refractivity (Wildman–Crippen MR) is 33.8 cm³/mol. The third-order valence-corrected chi connectivity index (χ3v) is 0.957. The first kappa shape index (κ1) is 9.16. The fourth-order valence-electron chi connectivity index (χ4n) is 0.625. The molecule has 0 aromatic rings. The maximum atomic E-state index is 4.95. The molecule has 0 aromatic heterocycles. The van der Waals surface area contributed by atoms with Crippen LogP contribution in [-0.2, 0) is 15.1 Å². The van der Waals surface area contributed by atoms with E-state index in [-0.39, 0.29) is 0 Å². The van der Waals surface area contributed by atoms with Gasteiger partial charge in [-0.1, -0.05) is 0 Å². The summed E-state index contributed by atoms with van der Waals surface area (Å²) in [5.74, 6) is 0. The summed E-state index contributed by atoms with van der Waals surface area (Å²) in [6, 6.07) is 0. The van der Waals surface area contributed by atoms with Gasteiger partial charge in [0, 0.05) is 0 Å². The van der Waals surface area contributed by atoms with Crippen LogP contribution in [0, 0.1) is 0 Å². The minimum atomic E-state index is -0.931. The van der Waals surface area contributed by atoms with E-state index in [9.17, 15) is 0 Å². The Morgan fingerprint density at radius 1 is 1.12 bits per heavy atom. The molecule has 1 nitrogen and oxygen atoms in total. The van der Waals surface area contributed by atoms with Crippen LogP contribution in [0.2, 0.25) is 0 Å². The van der Waals surface area contributed by atoms with Crippen LogP contribution >= 0.6 is 19.4 Å². The average Bonchev–Trinajstić information content (AvgIpc) is 2.17. The zero-order valence-corrected chi connectivity index (χ0v) is 9.27. The van der Waals surface area contributed by atoms with E-state index >= 15 is 0 Å². The molecule has 0 saturated carbocycles. The van der Waals surface area contributed by atoms with Crippen LogP contribution < -0.4 is 5.32 Å². The van der Waals surface area contributed by atoms with Crippen molar-refractivity contribution in [2.45, 2.75) is 12.8 Å². The zero-order chi connectivity index (χ0) is 6.24. The van der Waals surface area contributed by atoms with Crippen molar-refractivity contribution in [1.82, 2.24) is 5.32 Å². The van der Waals surface area contributed by atoms with Crippen LogP contribution in [0.1, 0.15) is 12.8 Å². The summed E-state index contributed by atoms with van der Waals surface area (Å²) in [5.41, 5.74) is 0. The zero-order valence-electron chi connectivity index (χ0n) is 4.79. The van der Waals surface area contributed by atoms with Gasteiger partial charge in [-0.25, -0.2) is 0 Å².